The average Bonchev–Trinajstić information content (AvgIpc) is 3.20. The van der Waals surface area contributed by atoms with Gasteiger partial charge in [-0.1, -0.05) is 0 Å². The Hall–Kier alpha value is -2.36. The van der Waals surface area contributed by atoms with Crippen LogP contribution in [0.25, 0.3) is 0 Å². The van der Waals surface area contributed by atoms with Crippen LogP contribution in [0.4, 0.5) is 0 Å². The maximum atomic E-state index is 12.1. The van der Waals surface area contributed by atoms with Crippen molar-refractivity contribution in [1.82, 2.24) is 5.32 Å². The number of hydrogen-bond acceptors (Lipinski definition) is 9. The van der Waals surface area contributed by atoms with Gasteiger partial charge in [0.2, 0.25) is 0 Å². The molecule has 1 unspecified atom stereocenters. The molecule has 1 aromatic carbocycles. The number of aryl methyl sites for hydroxylation is 1. The molecule has 2 rings (SSSR count). The molecule has 0 bridgehead atoms. The monoisotopic (exact) mass is 411 g/mol. The van der Waals surface area contributed by atoms with Crippen molar-refractivity contribution in [2.75, 3.05) is 33.0 Å². The molecular formula is C20H29NO8. The van der Waals surface area contributed by atoms with Gasteiger partial charge in [0.25, 0.3) is 0 Å². The second kappa shape index (κ2) is 9.91. The Morgan fingerprint density at radius 1 is 1.28 bits per heavy atom. The van der Waals surface area contributed by atoms with E-state index in [1.165, 1.54) is 6.07 Å². The van der Waals surface area contributed by atoms with Crippen molar-refractivity contribution in [2.45, 2.75) is 38.8 Å². The highest BCUT2D eigenvalue weighted by atomic mass is 16.5. The molecule has 1 heterocycles. The average molecular weight is 411 g/mol. The number of phenolic OH excluding ortho intramolecular Hbond substituents is 2. The van der Waals surface area contributed by atoms with Crippen LogP contribution in [0.5, 0.6) is 11.5 Å². The Kier molecular flexibility index (Phi) is 7.83. The number of nitrogens with one attached hydrogen (secondary N) is 1. The Morgan fingerprint density at radius 3 is 2.62 bits per heavy atom. The van der Waals surface area contributed by atoms with Crippen molar-refractivity contribution in [2.24, 2.45) is 5.92 Å². The Morgan fingerprint density at radius 2 is 1.97 bits per heavy atom. The van der Waals surface area contributed by atoms with Crippen molar-refractivity contribution < 1.29 is 39.1 Å². The van der Waals surface area contributed by atoms with Gasteiger partial charge in [-0.2, -0.15) is 0 Å². The molecule has 0 saturated carbocycles. The van der Waals surface area contributed by atoms with Gasteiger partial charge in [0.15, 0.2) is 11.5 Å². The van der Waals surface area contributed by atoms with Crippen LogP contribution in [-0.4, -0.2) is 71.9 Å². The van der Waals surface area contributed by atoms with Crippen molar-refractivity contribution in [3.8, 4) is 11.5 Å². The molecule has 162 valence electrons. The summed E-state index contributed by atoms with van der Waals surface area (Å²) in [6, 6.07) is 2.37. The highest BCUT2D eigenvalue weighted by molar-refractivity contribution is 5.92. The summed E-state index contributed by atoms with van der Waals surface area (Å²) in [6.45, 7) is 6.17. The third kappa shape index (κ3) is 6.88. The second-order valence-electron chi connectivity index (χ2n) is 7.84. The lowest BCUT2D eigenvalue weighted by Crippen LogP contribution is -2.48. The largest absolute Gasteiger partial charge is 0.504 e. The third-order valence-electron chi connectivity index (χ3n) is 4.60. The van der Waals surface area contributed by atoms with Crippen LogP contribution in [0.2, 0.25) is 0 Å². The highest BCUT2D eigenvalue weighted by Gasteiger charge is 2.28. The van der Waals surface area contributed by atoms with Crippen molar-refractivity contribution in [3.63, 3.8) is 0 Å². The van der Waals surface area contributed by atoms with Gasteiger partial charge in [0, 0.05) is 18.7 Å². The van der Waals surface area contributed by atoms with E-state index in [0.717, 1.165) is 6.07 Å². The minimum absolute atomic E-state index is 0.101. The lowest BCUT2D eigenvalue weighted by Gasteiger charge is -2.27. The Labute approximate surface area is 169 Å². The predicted octanol–water partition coefficient (Wildman–Crippen LogP) is 0.872. The van der Waals surface area contributed by atoms with E-state index in [0.29, 0.717) is 25.2 Å². The van der Waals surface area contributed by atoms with Gasteiger partial charge in [-0.15, -0.1) is 0 Å². The zero-order valence-electron chi connectivity index (χ0n) is 16.9. The summed E-state index contributed by atoms with van der Waals surface area (Å²) in [7, 11) is 0. The SMILES string of the molecule is Cc1cc(O)c(O)cc1C(=O)OC[C@@H](O)CNC(C)(C)COC(=O)C1CCOC1. The molecule has 1 saturated heterocycles. The van der Waals surface area contributed by atoms with Gasteiger partial charge in [0.05, 0.1) is 18.1 Å². The molecule has 0 aliphatic carbocycles. The molecule has 1 aliphatic heterocycles. The lowest BCUT2D eigenvalue weighted by atomic mass is 10.1. The molecule has 1 fully saturated rings. The van der Waals surface area contributed by atoms with E-state index in [2.05, 4.69) is 5.32 Å². The number of aliphatic hydroxyl groups excluding tert-OH is 1. The first kappa shape index (κ1) is 22.9. The molecule has 1 aliphatic rings. The summed E-state index contributed by atoms with van der Waals surface area (Å²) in [4.78, 5) is 24.1. The number of aliphatic hydroxyl groups is 1. The smallest absolute Gasteiger partial charge is 0.338 e. The second-order valence-corrected chi connectivity index (χ2v) is 7.84. The van der Waals surface area contributed by atoms with E-state index < -0.39 is 23.4 Å². The first-order valence-corrected chi connectivity index (χ1v) is 9.46. The molecule has 0 spiro atoms. The zero-order valence-corrected chi connectivity index (χ0v) is 16.9. The summed E-state index contributed by atoms with van der Waals surface area (Å²) >= 11 is 0. The number of ether oxygens (including phenoxy) is 3. The van der Waals surface area contributed by atoms with Gasteiger partial charge < -0.3 is 34.8 Å². The maximum Gasteiger partial charge on any atom is 0.338 e. The number of carbonyl (C=O) groups excluding carboxylic acids is 2. The Bertz CT molecular complexity index is 727. The van der Waals surface area contributed by atoms with Crippen molar-refractivity contribution in [1.29, 1.82) is 0 Å². The summed E-state index contributed by atoms with van der Waals surface area (Å²) in [5.41, 5.74) is -0.0449. The van der Waals surface area contributed by atoms with Crippen molar-refractivity contribution in [3.05, 3.63) is 23.3 Å². The van der Waals surface area contributed by atoms with E-state index in [-0.39, 0.29) is 43.0 Å². The zero-order chi connectivity index (χ0) is 21.6. The third-order valence-corrected chi connectivity index (χ3v) is 4.60. The normalized spacial score (nSPS) is 17.7. The fraction of sp³-hybridized carbons (Fsp3) is 0.600. The van der Waals surface area contributed by atoms with Crippen LogP contribution in [-0.2, 0) is 19.0 Å². The number of phenols is 2. The van der Waals surface area contributed by atoms with Crippen LogP contribution in [0.1, 0.15) is 36.2 Å². The van der Waals surface area contributed by atoms with Gasteiger partial charge in [-0.25, -0.2) is 4.79 Å². The van der Waals surface area contributed by atoms with Crippen LogP contribution in [0, 0.1) is 12.8 Å². The van der Waals surface area contributed by atoms with Crippen LogP contribution >= 0.6 is 0 Å². The maximum absolute atomic E-state index is 12.1. The molecule has 1 aromatic rings. The molecule has 0 amide bonds. The fourth-order valence-corrected chi connectivity index (χ4v) is 2.74. The Balaban J connectivity index is 1.74. The number of rotatable bonds is 9. The standard InChI is InChI=1S/C20H29NO8/c1-12-6-16(23)17(24)7-15(12)19(26)28-10-14(22)8-21-20(2,3)11-29-18(25)13-4-5-27-9-13/h6-7,13-14,21-24H,4-5,8-11H2,1-3H3/t13?,14-/m0/s1. The summed E-state index contributed by atoms with van der Waals surface area (Å²) in [5, 5.41) is 32.1. The minimum Gasteiger partial charge on any atom is -0.504 e. The molecule has 2 atom stereocenters. The number of esters is 2. The molecule has 4 N–H and O–H groups in total. The number of benzene rings is 1. The van der Waals surface area contributed by atoms with Gasteiger partial charge in [-0.3, -0.25) is 4.79 Å². The quantitative estimate of drug-likeness (QED) is 0.345. The predicted molar refractivity (Wildman–Crippen MR) is 103 cm³/mol. The number of β-amino-alcohol motifs (C(OH)–C–C–N with tert-alkyl or cyclic N) is 1. The molecule has 29 heavy (non-hydrogen) atoms. The van der Waals surface area contributed by atoms with Crippen molar-refractivity contribution >= 4 is 11.9 Å². The van der Waals surface area contributed by atoms with Crippen LogP contribution in [0.15, 0.2) is 12.1 Å². The lowest BCUT2D eigenvalue weighted by molar-refractivity contribution is -0.150. The molecular weight excluding hydrogens is 382 g/mol. The molecule has 0 radical (unpaired) electrons. The topological polar surface area (TPSA) is 135 Å². The van der Waals surface area contributed by atoms with E-state index in [4.69, 9.17) is 14.2 Å². The van der Waals surface area contributed by atoms with E-state index >= 15 is 0 Å². The van der Waals surface area contributed by atoms with E-state index in [1.54, 1.807) is 6.92 Å². The van der Waals surface area contributed by atoms with Gasteiger partial charge in [0.1, 0.15) is 19.3 Å². The molecule has 9 heteroatoms. The summed E-state index contributed by atoms with van der Waals surface area (Å²) < 4.78 is 15.6. The van der Waals surface area contributed by atoms with Crippen LogP contribution < -0.4 is 5.32 Å². The highest BCUT2D eigenvalue weighted by Crippen LogP contribution is 2.28. The minimum atomic E-state index is -0.983. The first-order valence-electron chi connectivity index (χ1n) is 9.46. The molecule has 0 aromatic heterocycles. The van der Waals surface area contributed by atoms with Crippen LogP contribution in [0.3, 0.4) is 0 Å². The van der Waals surface area contributed by atoms with E-state index in [1.807, 2.05) is 13.8 Å². The van der Waals surface area contributed by atoms with Gasteiger partial charge >= 0.3 is 11.9 Å². The number of hydrogen-bond donors (Lipinski definition) is 4. The number of aromatic hydroxyl groups is 2. The first-order chi connectivity index (χ1) is 13.6. The number of carbonyl (C=O) groups is 2. The van der Waals surface area contributed by atoms with E-state index in [9.17, 15) is 24.9 Å². The molecule has 9 nitrogen and oxygen atoms in total. The summed E-state index contributed by atoms with van der Waals surface area (Å²) in [5.74, 6) is -1.99. The fourth-order valence-electron chi connectivity index (χ4n) is 2.74. The van der Waals surface area contributed by atoms with Gasteiger partial charge in [-0.05, 0) is 44.9 Å². The summed E-state index contributed by atoms with van der Waals surface area (Å²) in [6.07, 6.45) is -0.321.